The molecule has 0 N–H and O–H groups in total. The summed E-state index contributed by atoms with van der Waals surface area (Å²) in [5.41, 5.74) is 3.87. The average molecular weight is 354 g/mol. The molecule has 0 bridgehead atoms. The van der Waals surface area contributed by atoms with Crippen LogP contribution in [0.3, 0.4) is 0 Å². The van der Waals surface area contributed by atoms with Crippen LogP contribution >= 0.6 is 0 Å². The fraction of sp³-hybridized carbons (Fsp3) is 0.545. The van der Waals surface area contributed by atoms with E-state index in [2.05, 4.69) is 55.4 Å². The molecule has 1 fully saturated rings. The van der Waals surface area contributed by atoms with Crippen molar-refractivity contribution in [1.29, 1.82) is 0 Å². The van der Waals surface area contributed by atoms with Gasteiger partial charge < -0.3 is 9.47 Å². The molecule has 1 aromatic carbocycles. The lowest BCUT2D eigenvalue weighted by molar-refractivity contribution is -0.139. The molecule has 1 aromatic heterocycles. The molecule has 140 valence electrons. The Kier molecular flexibility index (Phi) is 5.80. The maximum Gasteiger partial charge on any atom is 0.226 e. The Morgan fingerprint density at radius 1 is 1.31 bits per heavy atom. The van der Waals surface area contributed by atoms with Crippen LogP contribution in [0.15, 0.2) is 30.6 Å². The number of nitrogens with zero attached hydrogens (tertiary/aromatic N) is 3. The number of carbonyl (C=O) groups excluding carboxylic acids is 1. The number of benzene rings is 1. The van der Waals surface area contributed by atoms with Gasteiger partial charge in [0, 0.05) is 31.4 Å². The molecule has 0 atom stereocenters. The number of imidazole rings is 1. The number of carbonyl (C=O) groups is 1. The summed E-state index contributed by atoms with van der Waals surface area (Å²) >= 11 is 0. The third-order valence-electron chi connectivity index (χ3n) is 5.33. The highest BCUT2D eigenvalue weighted by Crippen LogP contribution is 2.29. The van der Waals surface area contributed by atoms with Crippen molar-refractivity contribution in [2.45, 2.75) is 60.0 Å². The summed E-state index contributed by atoms with van der Waals surface area (Å²) < 4.78 is 2.18. The Bertz CT molecular complexity index is 758. The normalized spacial score (nSPS) is 14.5. The van der Waals surface area contributed by atoms with E-state index in [4.69, 9.17) is 0 Å². The summed E-state index contributed by atoms with van der Waals surface area (Å²) in [7, 11) is 0. The first kappa shape index (κ1) is 18.7. The third kappa shape index (κ3) is 4.35. The van der Waals surface area contributed by atoms with Gasteiger partial charge in [0.05, 0.1) is 6.54 Å². The molecule has 3 rings (SSSR count). The minimum atomic E-state index is 0.233. The third-order valence-corrected chi connectivity index (χ3v) is 5.33. The van der Waals surface area contributed by atoms with Crippen molar-refractivity contribution in [3.63, 3.8) is 0 Å². The molecule has 0 spiro atoms. The Morgan fingerprint density at radius 2 is 2.08 bits per heavy atom. The number of rotatable bonds is 7. The standard InChI is InChI=1S/C22H31N3O/c1-16(2)13-25(22(26)19-6-5-7-19)15-21-23-10-11-24(21)14-20-12-17(3)8-9-18(20)4/h8-12,16,19H,5-7,13-15H2,1-4H3. The van der Waals surface area contributed by atoms with Crippen LogP contribution in [0.1, 0.15) is 55.6 Å². The van der Waals surface area contributed by atoms with Gasteiger partial charge in [0.1, 0.15) is 5.82 Å². The maximum atomic E-state index is 12.8. The maximum absolute atomic E-state index is 12.8. The van der Waals surface area contributed by atoms with E-state index in [9.17, 15) is 4.79 Å². The number of hydrogen-bond acceptors (Lipinski definition) is 2. The lowest BCUT2D eigenvalue weighted by atomic mass is 9.84. The molecular formula is C22H31N3O. The summed E-state index contributed by atoms with van der Waals surface area (Å²) in [5.74, 6) is 1.98. The molecule has 26 heavy (non-hydrogen) atoms. The van der Waals surface area contributed by atoms with E-state index in [1.54, 1.807) is 0 Å². The Hall–Kier alpha value is -2.10. The quantitative estimate of drug-likeness (QED) is 0.743. The zero-order valence-corrected chi connectivity index (χ0v) is 16.5. The van der Waals surface area contributed by atoms with Crippen molar-refractivity contribution in [2.75, 3.05) is 6.54 Å². The molecule has 1 saturated carbocycles. The molecule has 4 heteroatoms. The van der Waals surface area contributed by atoms with Gasteiger partial charge in [-0.2, -0.15) is 0 Å². The minimum absolute atomic E-state index is 0.233. The first-order valence-electron chi connectivity index (χ1n) is 9.79. The predicted molar refractivity (Wildman–Crippen MR) is 105 cm³/mol. The summed E-state index contributed by atoms with van der Waals surface area (Å²) in [6.45, 7) is 10.8. The number of hydrogen-bond donors (Lipinski definition) is 0. The highest BCUT2D eigenvalue weighted by molar-refractivity contribution is 5.79. The number of aromatic nitrogens is 2. The highest BCUT2D eigenvalue weighted by atomic mass is 16.2. The zero-order valence-electron chi connectivity index (χ0n) is 16.5. The van der Waals surface area contributed by atoms with Crippen molar-refractivity contribution in [2.24, 2.45) is 11.8 Å². The van der Waals surface area contributed by atoms with Crippen molar-refractivity contribution in [1.82, 2.24) is 14.5 Å². The van der Waals surface area contributed by atoms with Gasteiger partial charge in [-0.3, -0.25) is 4.79 Å². The number of amides is 1. The van der Waals surface area contributed by atoms with Crippen molar-refractivity contribution < 1.29 is 4.79 Å². The monoisotopic (exact) mass is 353 g/mol. The summed E-state index contributed by atoms with van der Waals surface area (Å²) in [6, 6.07) is 6.56. The summed E-state index contributed by atoms with van der Waals surface area (Å²) in [4.78, 5) is 19.4. The molecule has 1 amide bonds. The fourth-order valence-electron chi connectivity index (χ4n) is 3.55. The van der Waals surface area contributed by atoms with Gasteiger partial charge in [-0.05, 0) is 43.7 Å². The van der Waals surface area contributed by atoms with Crippen molar-refractivity contribution in [3.8, 4) is 0 Å². The van der Waals surface area contributed by atoms with E-state index in [0.717, 1.165) is 31.8 Å². The smallest absolute Gasteiger partial charge is 0.226 e. The summed E-state index contributed by atoms with van der Waals surface area (Å²) in [5, 5.41) is 0. The zero-order chi connectivity index (χ0) is 18.7. The molecule has 0 aliphatic heterocycles. The second-order valence-corrected chi connectivity index (χ2v) is 8.14. The second-order valence-electron chi connectivity index (χ2n) is 8.14. The Balaban J connectivity index is 1.77. The molecule has 4 nitrogen and oxygen atoms in total. The molecule has 1 heterocycles. The van der Waals surface area contributed by atoms with Crippen LogP contribution in [0, 0.1) is 25.7 Å². The molecule has 0 saturated heterocycles. The van der Waals surface area contributed by atoms with Gasteiger partial charge in [0.25, 0.3) is 0 Å². The van der Waals surface area contributed by atoms with Gasteiger partial charge >= 0.3 is 0 Å². The molecule has 0 radical (unpaired) electrons. The number of aryl methyl sites for hydroxylation is 2. The van der Waals surface area contributed by atoms with E-state index >= 15 is 0 Å². The Labute approximate surface area is 157 Å². The van der Waals surface area contributed by atoms with Crippen molar-refractivity contribution >= 4 is 5.91 Å². The average Bonchev–Trinajstić information content (AvgIpc) is 2.95. The topological polar surface area (TPSA) is 38.1 Å². The van der Waals surface area contributed by atoms with Gasteiger partial charge in [-0.15, -0.1) is 0 Å². The van der Waals surface area contributed by atoms with Gasteiger partial charge in [0.15, 0.2) is 0 Å². The van der Waals surface area contributed by atoms with E-state index in [0.29, 0.717) is 18.4 Å². The first-order valence-corrected chi connectivity index (χ1v) is 9.79. The van der Waals surface area contributed by atoms with E-state index in [1.165, 1.54) is 23.1 Å². The van der Waals surface area contributed by atoms with Crippen LogP contribution < -0.4 is 0 Å². The van der Waals surface area contributed by atoms with Crippen LogP contribution in [0.25, 0.3) is 0 Å². The largest absolute Gasteiger partial charge is 0.335 e. The van der Waals surface area contributed by atoms with Crippen LogP contribution in [0.5, 0.6) is 0 Å². The van der Waals surface area contributed by atoms with Crippen LogP contribution in [-0.2, 0) is 17.9 Å². The van der Waals surface area contributed by atoms with Gasteiger partial charge in [-0.1, -0.05) is 44.0 Å². The molecule has 1 aliphatic rings. The molecular weight excluding hydrogens is 322 g/mol. The molecule has 1 aliphatic carbocycles. The lowest BCUT2D eigenvalue weighted by Gasteiger charge is -2.32. The van der Waals surface area contributed by atoms with Gasteiger partial charge in [-0.25, -0.2) is 4.98 Å². The van der Waals surface area contributed by atoms with Crippen LogP contribution in [-0.4, -0.2) is 26.9 Å². The van der Waals surface area contributed by atoms with Crippen molar-refractivity contribution in [3.05, 3.63) is 53.1 Å². The molecule has 2 aromatic rings. The Morgan fingerprint density at radius 3 is 2.73 bits per heavy atom. The minimum Gasteiger partial charge on any atom is -0.335 e. The lowest BCUT2D eigenvalue weighted by Crippen LogP contribution is -2.41. The second kappa shape index (κ2) is 8.07. The van der Waals surface area contributed by atoms with Crippen LogP contribution in [0.2, 0.25) is 0 Å². The SMILES string of the molecule is Cc1ccc(C)c(Cn2ccnc2CN(CC(C)C)C(=O)C2CCC2)c1. The predicted octanol–water partition coefficient (Wildman–Crippen LogP) is 4.33. The van der Waals surface area contributed by atoms with Gasteiger partial charge in [0.2, 0.25) is 5.91 Å². The van der Waals surface area contributed by atoms with E-state index < -0.39 is 0 Å². The molecule has 0 unspecified atom stereocenters. The van der Waals surface area contributed by atoms with E-state index in [1.807, 2.05) is 17.3 Å². The summed E-state index contributed by atoms with van der Waals surface area (Å²) in [6.07, 6.45) is 7.15. The highest BCUT2D eigenvalue weighted by Gasteiger charge is 2.30. The van der Waals surface area contributed by atoms with E-state index in [-0.39, 0.29) is 5.92 Å². The van der Waals surface area contributed by atoms with Crippen LogP contribution in [0.4, 0.5) is 0 Å². The fourth-order valence-corrected chi connectivity index (χ4v) is 3.55. The first-order chi connectivity index (χ1) is 12.4.